The predicted molar refractivity (Wildman–Crippen MR) is 75.7 cm³/mol. The zero-order chi connectivity index (χ0) is 13.7. The summed E-state index contributed by atoms with van der Waals surface area (Å²) in [6, 6.07) is 0.288. The van der Waals surface area contributed by atoms with Gasteiger partial charge in [-0.2, -0.15) is 0 Å². The topological polar surface area (TPSA) is 64.4 Å². The van der Waals surface area contributed by atoms with Crippen molar-refractivity contribution in [2.45, 2.75) is 64.0 Å². The first kappa shape index (κ1) is 14.8. The van der Waals surface area contributed by atoms with Gasteiger partial charge in [0.1, 0.15) is 0 Å². The number of amides is 1. The van der Waals surface area contributed by atoms with Gasteiger partial charge in [0.05, 0.1) is 5.92 Å². The van der Waals surface area contributed by atoms with Crippen LogP contribution in [0.15, 0.2) is 0 Å². The molecular formula is C15H28N2O2. The summed E-state index contributed by atoms with van der Waals surface area (Å²) in [7, 11) is 0. The molecular weight excluding hydrogens is 240 g/mol. The first-order valence-electron chi connectivity index (χ1n) is 7.82. The van der Waals surface area contributed by atoms with E-state index < -0.39 is 0 Å². The first-order chi connectivity index (χ1) is 9.18. The molecule has 4 nitrogen and oxygen atoms in total. The molecule has 1 amide bonds. The van der Waals surface area contributed by atoms with Crippen LogP contribution in [0.5, 0.6) is 0 Å². The lowest BCUT2D eigenvalue weighted by Crippen LogP contribution is -2.47. The van der Waals surface area contributed by atoms with Crippen molar-refractivity contribution in [3.8, 4) is 0 Å². The summed E-state index contributed by atoms with van der Waals surface area (Å²) in [6.45, 7) is 3.78. The number of rotatable bonds is 3. The van der Waals surface area contributed by atoms with Crippen LogP contribution in [0.3, 0.4) is 0 Å². The van der Waals surface area contributed by atoms with Crippen molar-refractivity contribution in [2.24, 2.45) is 17.6 Å². The van der Waals surface area contributed by atoms with E-state index in [1.807, 2.05) is 0 Å². The SMILES string of the molecule is CC(NC(=O)C1CCCCCC1N)C1CCOCC1. The minimum Gasteiger partial charge on any atom is -0.381 e. The standard InChI is InChI=1S/C15H28N2O2/c1-11(12-7-9-19-10-8-12)17-15(18)13-5-3-2-4-6-14(13)16/h11-14H,2-10,16H2,1H3,(H,17,18). The Labute approximate surface area is 116 Å². The molecule has 0 bridgehead atoms. The van der Waals surface area contributed by atoms with Gasteiger partial charge in [-0.15, -0.1) is 0 Å². The van der Waals surface area contributed by atoms with Gasteiger partial charge in [0.2, 0.25) is 5.91 Å². The number of ether oxygens (including phenoxy) is 1. The van der Waals surface area contributed by atoms with Crippen molar-refractivity contribution in [3.05, 3.63) is 0 Å². The summed E-state index contributed by atoms with van der Waals surface area (Å²) >= 11 is 0. The highest BCUT2D eigenvalue weighted by Gasteiger charge is 2.29. The van der Waals surface area contributed by atoms with Crippen LogP contribution in [-0.2, 0) is 9.53 Å². The second-order valence-electron chi connectivity index (χ2n) is 6.16. The van der Waals surface area contributed by atoms with Crippen molar-refractivity contribution in [1.82, 2.24) is 5.32 Å². The summed E-state index contributed by atoms with van der Waals surface area (Å²) in [5.41, 5.74) is 6.15. The molecule has 1 saturated heterocycles. The molecule has 2 aliphatic rings. The zero-order valence-corrected chi connectivity index (χ0v) is 12.1. The molecule has 1 saturated carbocycles. The van der Waals surface area contributed by atoms with Crippen LogP contribution in [0.2, 0.25) is 0 Å². The monoisotopic (exact) mass is 268 g/mol. The summed E-state index contributed by atoms with van der Waals surface area (Å²) in [5.74, 6) is 0.748. The number of carbonyl (C=O) groups is 1. The summed E-state index contributed by atoms with van der Waals surface area (Å²) < 4.78 is 5.37. The molecule has 4 heteroatoms. The van der Waals surface area contributed by atoms with E-state index in [-0.39, 0.29) is 23.9 Å². The Kier molecular flexibility index (Phi) is 5.64. The summed E-state index contributed by atoms with van der Waals surface area (Å²) in [6.07, 6.45) is 7.57. The van der Waals surface area contributed by atoms with E-state index in [0.717, 1.165) is 45.3 Å². The largest absolute Gasteiger partial charge is 0.381 e. The van der Waals surface area contributed by atoms with Gasteiger partial charge in [0, 0.05) is 25.3 Å². The molecule has 3 unspecified atom stereocenters. The number of nitrogens with one attached hydrogen (secondary N) is 1. The molecule has 1 aliphatic heterocycles. The fourth-order valence-corrected chi connectivity index (χ4v) is 3.33. The third-order valence-corrected chi connectivity index (χ3v) is 4.75. The van der Waals surface area contributed by atoms with Gasteiger partial charge in [-0.25, -0.2) is 0 Å². The molecule has 1 heterocycles. The number of carbonyl (C=O) groups excluding carboxylic acids is 1. The van der Waals surface area contributed by atoms with Gasteiger partial charge in [-0.3, -0.25) is 4.79 Å². The molecule has 1 aliphatic carbocycles. The maximum absolute atomic E-state index is 12.4. The smallest absolute Gasteiger partial charge is 0.224 e. The van der Waals surface area contributed by atoms with Gasteiger partial charge in [-0.05, 0) is 38.5 Å². The Balaban J connectivity index is 1.84. The Morgan fingerprint density at radius 2 is 1.84 bits per heavy atom. The first-order valence-corrected chi connectivity index (χ1v) is 7.82. The predicted octanol–water partition coefficient (Wildman–Crippen LogP) is 1.83. The second-order valence-corrected chi connectivity index (χ2v) is 6.16. The number of hydrogen-bond acceptors (Lipinski definition) is 3. The van der Waals surface area contributed by atoms with Gasteiger partial charge in [0.25, 0.3) is 0 Å². The second kappa shape index (κ2) is 7.25. The molecule has 110 valence electrons. The Morgan fingerprint density at radius 1 is 1.16 bits per heavy atom. The quantitative estimate of drug-likeness (QED) is 0.767. The van der Waals surface area contributed by atoms with Crippen molar-refractivity contribution in [1.29, 1.82) is 0 Å². The maximum atomic E-state index is 12.4. The number of nitrogens with two attached hydrogens (primary N) is 1. The van der Waals surface area contributed by atoms with Crippen LogP contribution in [-0.4, -0.2) is 31.2 Å². The van der Waals surface area contributed by atoms with Crippen molar-refractivity contribution in [2.75, 3.05) is 13.2 Å². The maximum Gasteiger partial charge on any atom is 0.224 e. The van der Waals surface area contributed by atoms with Gasteiger partial charge in [0.15, 0.2) is 0 Å². The lowest BCUT2D eigenvalue weighted by atomic mass is 9.90. The lowest BCUT2D eigenvalue weighted by Gasteiger charge is -2.30. The molecule has 0 aromatic heterocycles. The third kappa shape index (κ3) is 4.18. The highest BCUT2D eigenvalue weighted by Crippen LogP contribution is 2.24. The van der Waals surface area contributed by atoms with Gasteiger partial charge < -0.3 is 15.8 Å². The molecule has 3 N–H and O–H groups in total. The fraction of sp³-hybridized carbons (Fsp3) is 0.933. The minimum absolute atomic E-state index is 0.0183. The Morgan fingerprint density at radius 3 is 2.58 bits per heavy atom. The number of hydrogen-bond donors (Lipinski definition) is 2. The summed E-state index contributed by atoms with van der Waals surface area (Å²) in [4.78, 5) is 12.4. The normalized spacial score (nSPS) is 31.5. The van der Waals surface area contributed by atoms with Crippen LogP contribution >= 0.6 is 0 Å². The molecule has 2 fully saturated rings. The van der Waals surface area contributed by atoms with Crippen LogP contribution in [0.4, 0.5) is 0 Å². The Hall–Kier alpha value is -0.610. The summed E-state index contributed by atoms with van der Waals surface area (Å²) in [5, 5.41) is 3.20. The van der Waals surface area contributed by atoms with Crippen LogP contribution < -0.4 is 11.1 Å². The van der Waals surface area contributed by atoms with E-state index in [4.69, 9.17) is 10.5 Å². The van der Waals surface area contributed by atoms with E-state index in [9.17, 15) is 4.79 Å². The highest BCUT2D eigenvalue weighted by atomic mass is 16.5. The van der Waals surface area contributed by atoms with Crippen molar-refractivity contribution < 1.29 is 9.53 Å². The average Bonchev–Trinajstić information content (AvgIpc) is 2.64. The van der Waals surface area contributed by atoms with Crippen LogP contribution in [0, 0.1) is 11.8 Å². The minimum atomic E-state index is 0.0183. The Bertz CT molecular complexity index is 290. The van der Waals surface area contributed by atoms with E-state index in [2.05, 4.69) is 12.2 Å². The third-order valence-electron chi connectivity index (χ3n) is 4.75. The van der Waals surface area contributed by atoms with Crippen LogP contribution in [0.25, 0.3) is 0 Å². The van der Waals surface area contributed by atoms with Gasteiger partial charge in [-0.1, -0.05) is 19.3 Å². The zero-order valence-electron chi connectivity index (χ0n) is 12.1. The molecule has 0 aromatic rings. The average molecular weight is 268 g/mol. The molecule has 3 atom stereocenters. The molecule has 0 radical (unpaired) electrons. The van der Waals surface area contributed by atoms with E-state index in [0.29, 0.717) is 5.92 Å². The van der Waals surface area contributed by atoms with E-state index in [1.165, 1.54) is 12.8 Å². The molecule has 0 aromatic carbocycles. The highest BCUT2D eigenvalue weighted by molar-refractivity contribution is 5.79. The fourth-order valence-electron chi connectivity index (χ4n) is 3.33. The van der Waals surface area contributed by atoms with Crippen molar-refractivity contribution in [3.63, 3.8) is 0 Å². The molecule has 19 heavy (non-hydrogen) atoms. The van der Waals surface area contributed by atoms with E-state index >= 15 is 0 Å². The van der Waals surface area contributed by atoms with E-state index in [1.54, 1.807) is 0 Å². The molecule has 2 rings (SSSR count). The van der Waals surface area contributed by atoms with Gasteiger partial charge >= 0.3 is 0 Å². The van der Waals surface area contributed by atoms with Crippen molar-refractivity contribution >= 4 is 5.91 Å². The van der Waals surface area contributed by atoms with Crippen LogP contribution in [0.1, 0.15) is 51.9 Å². The lowest BCUT2D eigenvalue weighted by molar-refractivity contribution is -0.127. The molecule has 0 spiro atoms.